The first-order chi connectivity index (χ1) is 12.8. The molecule has 8 heteroatoms. The molecule has 1 aromatic rings. The molecular weight excluding hydrogens is 332 g/mol. The van der Waals surface area contributed by atoms with Crippen LogP contribution >= 0.6 is 0 Å². The average molecular weight is 364 g/mol. The van der Waals surface area contributed by atoms with Crippen LogP contribution in [0.5, 0.6) is 0 Å². The summed E-state index contributed by atoms with van der Waals surface area (Å²) in [5.74, 6) is 0.966. The molecule has 0 aliphatic carbocycles. The van der Waals surface area contributed by atoms with Gasteiger partial charge in [0.1, 0.15) is 6.10 Å². The third-order valence-corrected chi connectivity index (χ3v) is 4.96. The number of unbranched alkanes of at least 4 members (excludes halogenated alkanes) is 1. The zero-order valence-electron chi connectivity index (χ0n) is 16.1. The maximum absolute atomic E-state index is 5.92. The number of hydrogen-bond donors (Lipinski definition) is 1. The minimum atomic E-state index is 0.0531. The van der Waals surface area contributed by atoms with Gasteiger partial charge in [0.2, 0.25) is 0 Å². The Morgan fingerprint density at radius 1 is 1.27 bits per heavy atom. The van der Waals surface area contributed by atoms with Crippen molar-refractivity contribution < 1.29 is 9.47 Å². The Morgan fingerprint density at radius 2 is 2.12 bits per heavy atom. The summed E-state index contributed by atoms with van der Waals surface area (Å²) in [5.41, 5.74) is 1.12. The quantitative estimate of drug-likeness (QED) is 0.450. The number of aliphatic imine (C=N–C) groups is 1. The molecular formula is C18H32N6O2. The van der Waals surface area contributed by atoms with Crippen LogP contribution in [0.3, 0.4) is 0 Å². The molecule has 1 unspecified atom stereocenters. The topological polar surface area (TPSA) is 67.2 Å². The SMILES string of the molecule is CN=C(NCCCCN1CCOCC1)N1CCOC(c2cnn(C)c2)C1. The van der Waals surface area contributed by atoms with Gasteiger partial charge in [0.25, 0.3) is 0 Å². The van der Waals surface area contributed by atoms with Crippen molar-refractivity contribution in [3.8, 4) is 0 Å². The van der Waals surface area contributed by atoms with Crippen LogP contribution in [-0.2, 0) is 16.5 Å². The largest absolute Gasteiger partial charge is 0.379 e. The van der Waals surface area contributed by atoms with Crippen LogP contribution < -0.4 is 5.32 Å². The monoisotopic (exact) mass is 364 g/mol. The van der Waals surface area contributed by atoms with Crippen molar-refractivity contribution in [2.75, 3.05) is 66.1 Å². The molecule has 1 atom stereocenters. The van der Waals surface area contributed by atoms with Gasteiger partial charge in [-0.3, -0.25) is 14.6 Å². The fourth-order valence-corrected chi connectivity index (χ4v) is 3.47. The summed E-state index contributed by atoms with van der Waals surface area (Å²) < 4.78 is 13.1. The number of ether oxygens (including phenoxy) is 2. The Hall–Kier alpha value is -1.64. The van der Waals surface area contributed by atoms with Crippen molar-refractivity contribution in [2.24, 2.45) is 12.0 Å². The molecule has 1 aromatic heterocycles. The molecule has 1 N–H and O–H groups in total. The zero-order valence-corrected chi connectivity index (χ0v) is 16.1. The van der Waals surface area contributed by atoms with Gasteiger partial charge < -0.3 is 19.7 Å². The second-order valence-electron chi connectivity index (χ2n) is 6.89. The number of rotatable bonds is 6. The Kier molecular flexibility index (Phi) is 7.28. The van der Waals surface area contributed by atoms with E-state index in [1.165, 1.54) is 6.42 Å². The number of morpholine rings is 2. The van der Waals surface area contributed by atoms with Crippen molar-refractivity contribution in [3.05, 3.63) is 18.0 Å². The molecule has 2 aliphatic rings. The Bertz CT molecular complexity index is 570. The summed E-state index contributed by atoms with van der Waals surface area (Å²) in [6, 6.07) is 0. The van der Waals surface area contributed by atoms with Crippen molar-refractivity contribution in [1.82, 2.24) is 24.9 Å². The molecule has 3 heterocycles. The molecule has 0 radical (unpaired) electrons. The molecule has 8 nitrogen and oxygen atoms in total. The fraction of sp³-hybridized carbons (Fsp3) is 0.778. The number of aryl methyl sites for hydroxylation is 1. The predicted octanol–water partition coefficient (Wildman–Crippen LogP) is 0.481. The average Bonchev–Trinajstić information content (AvgIpc) is 3.12. The Morgan fingerprint density at radius 3 is 2.85 bits per heavy atom. The molecule has 2 saturated heterocycles. The van der Waals surface area contributed by atoms with Gasteiger partial charge >= 0.3 is 0 Å². The molecule has 2 fully saturated rings. The summed E-state index contributed by atoms with van der Waals surface area (Å²) in [7, 11) is 3.78. The number of aromatic nitrogens is 2. The predicted molar refractivity (Wildman–Crippen MR) is 101 cm³/mol. The van der Waals surface area contributed by atoms with Gasteiger partial charge in [-0.25, -0.2) is 0 Å². The van der Waals surface area contributed by atoms with Crippen LogP contribution in [0.4, 0.5) is 0 Å². The molecule has 2 aliphatic heterocycles. The smallest absolute Gasteiger partial charge is 0.193 e. The highest BCUT2D eigenvalue weighted by Crippen LogP contribution is 2.21. The summed E-state index contributed by atoms with van der Waals surface area (Å²) >= 11 is 0. The molecule has 3 rings (SSSR count). The lowest BCUT2D eigenvalue weighted by Crippen LogP contribution is -2.48. The molecule has 0 saturated carbocycles. The Balaban J connectivity index is 1.39. The lowest BCUT2D eigenvalue weighted by atomic mass is 10.1. The second-order valence-corrected chi connectivity index (χ2v) is 6.89. The standard InChI is InChI=1S/C18H32N6O2/c1-19-18(20-5-3-4-6-23-7-10-25-11-8-23)24-9-12-26-17(15-24)16-13-21-22(2)14-16/h13-14,17H,3-12,15H2,1-2H3,(H,19,20). The van der Waals surface area contributed by atoms with E-state index in [-0.39, 0.29) is 6.10 Å². The van der Waals surface area contributed by atoms with Gasteiger partial charge in [0.15, 0.2) is 5.96 Å². The van der Waals surface area contributed by atoms with Crippen molar-refractivity contribution in [1.29, 1.82) is 0 Å². The van der Waals surface area contributed by atoms with Crippen LogP contribution in [0.15, 0.2) is 17.4 Å². The van der Waals surface area contributed by atoms with Gasteiger partial charge in [-0.2, -0.15) is 5.10 Å². The zero-order chi connectivity index (χ0) is 18.2. The van der Waals surface area contributed by atoms with E-state index >= 15 is 0 Å². The Labute approximate surface area is 156 Å². The molecule has 0 bridgehead atoms. The van der Waals surface area contributed by atoms with Crippen LogP contribution in [0, 0.1) is 0 Å². The molecule has 146 valence electrons. The first kappa shape index (κ1) is 19.1. The highest BCUT2D eigenvalue weighted by molar-refractivity contribution is 5.80. The molecule has 0 spiro atoms. The number of nitrogens with one attached hydrogen (secondary N) is 1. The van der Waals surface area contributed by atoms with E-state index < -0.39 is 0 Å². The second kappa shape index (κ2) is 9.89. The van der Waals surface area contributed by atoms with Crippen LogP contribution in [0.1, 0.15) is 24.5 Å². The summed E-state index contributed by atoms with van der Waals surface area (Å²) in [4.78, 5) is 9.23. The van der Waals surface area contributed by atoms with E-state index in [1.807, 2.05) is 31.2 Å². The van der Waals surface area contributed by atoms with Crippen LogP contribution in [-0.4, -0.2) is 91.7 Å². The highest BCUT2D eigenvalue weighted by Gasteiger charge is 2.25. The number of nitrogens with zero attached hydrogens (tertiary/aromatic N) is 5. The lowest BCUT2D eigenvalue weighted by molar-refractivity contribution is -0.00802. The summed E-state index contributed by atoms with van der Waals surface area (Å²) in [6.07, 6.45) is 6.31. The summed E-state index contributed by atoms with van der Waals surface area (Å²) in [6.45, 7) is 8.37. The van der Waals surface area contributed by atoms with E-state index in [0.717, 1.165) is 70.4 Å². The third kappa shape index (κ3) is 5.43. The van der Waals surface area contributed by atoms with Crippen molar-refractivity contribution in [2.45, 2.75) is 18.9 Å². The minimum Gasteiger partial charge on any atom is -0.379 e. The van der Waals surface area contributed by atoms with Gasteiger partial charge in [0.05, 0.1) is 32.6 Å². The first-order valence-corrected chi connectivity index (χ1v) is 9.62. The van der Waals surface area contributed by atoms with E-state index in [4.69, 9.17) is 9.47 Å². The third-order valence-electron chi connectivity index (χ3n) is 4.96. The van der Waals surface area contributed by atoms with E-state index in [2.05, 4.69) is 25.2 Å². The molecule has 26 heavy (non-hydrogen) atoms. The van der Waals surface area contributed by atoms with Gasteiger partial charge in [0, 0.05) is 52.0 Å². The molecule has 0 amide bonds. The maximum Gasteiger partial charge on any atom is 0.193 e. The fourth-order valence-electron chi connectivity index (χ4n) is 3.47. The number of hydrogen-bond acceptors (Lipinski definition) is 5. The van der Waals surface area contributed by atoms with E-state index in [0.29, 0.717) is 6.61 Å². The summed E-state index contributed by atoms with van der Waals surface area (Å²) in [5, 5.41) is 7.76. The molecule has 0 aromatic carbocycles. The first-order valence-electron chi connectivity index (χ1n) is 9.62. The van der Waals surface area contributed by atoms with Crippen molar-refractivity contribution in [3.63, 3.8) is 0 Å². The van der Waals surface area contributed by atoms with E-state index in [1.54, 1.807) is 0 Å². The van der Waals surface area contributed by atoms with Gasteiger partial charge in [-0.1, -0.05) is 0 Å². The van der Waals surface area contributed by atoms with Gasteiger partial charge in [-0.05, 0) is 19.4 Å². The van der Waals surface area contributed by atoms with E-state index in [9.17, 15) is 0 Å². The van der Waals surface area contributed by atoms with Gasteiger partial charge in [-0.15, -0.1) is 0 Å². The normalized spacial score (nSPS) is 22.6. The maximum atomic E-state index is 5.92. The highest BCUT2D eigenvalue weighted by atomic mass is 16.5. The minimum absolute atomic E-state index is 0.0531. The van der Waals surface area contributed by atoms with Crippen LogP contribution in [0.25, 0.3) is 0 Å². The lowest BCUT2D eigenvalue weighted by Gasteiger charge is -2.34. The number of guanidine groups is 1. The van der Waals surface area contributed by atoms with Crippen LogP contribution in [0.2, 0.25) is 0 Å². The van der Waals surface area contributed by atoms with Crippen molar-refractivity contribution >= 4 is 5.96 Å².